The fourth-order valence-corrected chi connectivity index (χ4v) is 0.803. The second kappa shape index (κ2) is 7.98. The summed E-state index contributed by atoms with van der Waals surface area (Å²) in [6.45, 7) is 9.37. The molecule has 0 aliphatic rings. The molecule has 0 aromatic carbocycles. The maximum absolute atomic E-state index is 5.53. The lowest BCUT2D eigenvalue weighted by Crippen LogP contribution is -2.26. The van der Waals surface area contributed by atoms with Gasteiger partial charge < -0.3 is 16.4 Å². The van der Waals surface area contributed by atoms with Gasteiger partial charge in [0.25, 0.3) is 0 Å². The van der Waals surface area contributed by atoms with E-state index < -0.39 is 0 Å². The van der Waals surface area contributed by atoms with Crippen molar-refractivity contribution in [2.75, 3.05) is 6.61 Å². The molecule has 11 heavy (non-hydrogen) atoms. The topological polar surface area (TPSA) is 75.7 Å². The minimum Gasteiger partial charge on any atom is -0.412 e. The summed E-state index contributed by atoms with van der Waals surface area (Å²) in [5.74, 6) is 0. The SMILES string of the molecule is CCOC(C)(CC)CC.N.O. The molecule has 0 amide bonds. The lowest BCUT2D eigenvalue weighted by Gasteiger charge is -2.26. The van der Waals surface area contributed by atoms with E-state index in [0.29, 0.717) is 0 Å². The van der Waals surface area contributed by atoms with Gasteiger partial charge in [0.1, 0.15) is 0 Å². The zero-order valence-corrected chi connectivity index (χ0v) is 8.24. The molecule has 0 saturated carbocycles. The van der Waals surface area contributed by atoms with E-state index in [9.17, 15) is 0 Å². The summed E-state index contributed by atoms with van der Waals surface area (Å²) in [5, 5.41) is 0. The van der Waals surface area contributed by atoms with Crippen LogP contribution in [0, 0.1) is 0 Å². The molecule has 72 valence electrons. The summed E-state index contributed by atoms with van der Waals surface area (Å²) in [6, 6.07) is 0. The van der Waals surface area contributed by atoms with Crippen LogP contribution in [0.1, 0.15) is 40.5 Å². The molecule has 3 heteroatoms. The lowest BCUT2D eigenvalue weighted by atomic mass is 10.0. The molecule has 0 rings (SSSR count). The summed E-state index contributed by atoms with van der Waals surface area (Å²) < 4.78 is 5.53. The summed E-state index contributed by atoms with van der Waals surface area (Å²) in [4.78, 5) is 0. The fraction of sp³-hybridized carbons (Fsp3) is 1.00. The van der Waals surface area contributed by atoms with Crippen molar-refractivity contribution in [3.8, 4) is 0 Å². The van der Waals surface area contributed by atoms with E-state index in [0.717, 1.165) is 19.4 Å². The van der Waals surface area contributed by atoms with Gasteiger partial charge in [-0.05, 0) is 26.7 Å². The van der Waals surface area contributed by atoms with Crippen molar-refractivity contribution < 1.29 is 10.2 Å². The Balaban J connectivity index is -0.000000320. The zero-order valence-electron chi connectivity index (χ0n) is 8.24. The minimum atomic E-state index is 0. The highest BCUT2D eigenvalue weighted by Crippen LogP contribution is 2.18. The van der Waals surface area contributed by atoms with Gasteiger partial charge in [-0.3, -0.25) is 0 Å². The highest BCUT2D eigenvalue weighted by atomic mass is 16.5. The molecule has 0 spiro atoms. The van der Waals surface area contributed by atoms with Crippen LogP contribution in [0.25, 0.3) is 0 Å². The number of hydrogen-bond donors (Lipinski definition) is 1. The third kappa shape index (κ3) is 6.28. The first kappa shape index (κ1) is 17.1. The van der Waals surface area contributed by atoms with Gasteiger partial charge in [-0.1, -0.05) is 13.8 Å². The van der Waals surface area contributed by atoms with Gasteiger partial charge in [-0.25, -0.2) is 0 Å². The second-order valence-corrected chi connectivity index (χ2v) is 2.59. The van der Waals surface area contributed by atoms with Gasteiger partial charge in [-0.2, -0.15) is 0 Å². The number of hydrogen-bond acceptors (Lipinski definition) is 2. The Kier molecular flexibility index (Phi) is 12.4. The summed E-state index contributed by atoms with van der Waals surface area (Å²) in [6.07, 6.45) is 2.22. The van der Waals surface area contributed by atoms with Crippen LogP contribution in [0.4, 0.5) is 0 Å². The summed E-state index contributed by atoms with van der Waals surface area (Å²) >= 11 is 0. The maximum atomic E-state index is 5.53. The van der Waals surface area contributed by atoms with Gasteiger partial charge in [0.2, 0.25) is 0 Å². The van der Waals surface area contributed by atoms with Crippen molar-refractivity contribution in [3.63, 3.8) is 0 Å². The molecule has 0 bridgehead atoms. The van der Waals surface area contributed by atoms with E-state index >= 15 is 0 Å². The van der Waals surface area contributed by atoms with E-state index in [2.05, 4.69) is 20.8 Å². The number of ether oxygens (including phenoxy) is 1. The van der Waals surface area contributed by atoms with Crippen LogP contribution < -0.4 is 6.15 Å². The van der Waals surface area contributed by atoms with E-state index in [1.807, 2.05) is 6.92 Å². The molecule has 0 radical (unpaired) electrons. The summed E-state index contributed by atoms with van der Waals surface area (Å²) in [7, 11) is 0. The molecule has 5 N–H and O–H groups in total. The fourth-order valence-electron chi connectivity index (χ4n) is 0.803. The Morgan fingerprint density at radius 3 is 1.55 bits per heavy atom. The van der Waals surface area contributed by atoms with Crippen LogP contribution in [0.15, 0.2) is 0 Å². The Bertz CT molecular complexity index is 72.5. The first-order valence-corrected chi connectivity index (χ1v) is 3.82. The second-order valence-electron chi connectivity index (χ2n) is 2.59. The van der Waals surface area contributed by atoms with Crippen LogP contribution in [-0.2, 0) is 4.74 Å². The van der Waals surface area contributed by atoms with Crippen LogP contribution in [0.5, 0.6) is 0 Å². The average Bonchev–Trinajstić information content (AvgIpc) is 1.89. The Morgan fingerprint density at radius 1 is 1.09 bits per heavy atom. The number of rotatable bonds is 4. The predicted octanol–water partition coefficient (Wildman–Crippen LogP) is 1.94. The molecule has 0 aromatic rings. The molecule has 0 saturated heterocycles. The highest BCUT2D eigenvalue weighted by Gasteiger charge is 2.18. The van der Waals surface area contributed by atoms with Gasteiger partial charge in [0.05, 0.1) is 5.60 Å². The highest BCUT2D eigenvalue weighted by molar-refractivity contribution is 4.69. The monoisotopic (exact) mass is 165 g/mol. The molecule has 0 heterocycles. The molecule has 0 aromatic heterocycles. The van der Waals surface area contributed by atoms with E-state index in [1.165, 1.54) is 0 Å². The Morgan fingerprint density at radius 2 is 1.45 bits per heavy atom. The molecule has 0 aliphatic heterocycles. The van der Waals surface area contributed by atoms with Crippen LogP contribution >= 0.6 is 0 Å². The van der Waals surface area contributed by atoms with Crippen molar-refractivity contribution >= 4 is 0 Å². The molecule has 0 fully saturated rings. The van der Waals surface area contributed by atoms with Crippen molar-refractivity contribution in [2.24, 2.45) is 0 Å². The molecular weight excluding hydrogens is 142 g/mol. The molecule has 0 aliphatic carbocycles. The molecular formula is C8H23NO2. The van der Waals surface area contributed by atoms with Gasteiger partial charge in [0.15, 0.2) is 0 Å². The predicted molar refractivity (Wildman–Crippen MR) is 49.2 cm³/mol. The lowest BCUT2D eigenvalue weighted by molar-refractivity contribution is -0.0301. The molecule has 3 nitrogen and oxygen atoms in total. The summed E-state index contributed by atoms with van der Waals surface area (Å²) in [5.41, 5.74) is 0.134. The van der Waals surface area contributed by atoms with Gasteiger partial charge >= 0.3 is 0 Å². The zero-order chi connectivity index (χ0) is 7.33. The van der Waals surface area contributed by atoms with Crippen LogP contribution in [0.2, 0.25) is 0 Å². The first-order chi connectivity index (χ1) is 4.18. The largest absolute Gasteiger partial charge is 0.412 e. The third-order valence-corrected chi connectivity index (χ3v) is 1.99. The molecule has 0 atom stereocenters. The van der Waals surface area contributed by atoms with Gasteiger partial charge in [0, 0.05) is 6.61 Å². The van der Waals surface area contributed by atoms with Gasteiger partial charge in [-0.15, -0.1) is 0 Å². The first-order valence-electron chi connectivity index (χ1n) is 3.82. The van der Waals surface area contributed by atoms with Crippen molar-refractivity contribution in [3.05, 3.63) is 0 Å². The van der Waals surface area contributed by atoms with Crippen LogP contribution in [0.3, 0.4) is 0 Å². The molecule has 0 unspecified atom stereocenters. The third-order valence-electron chi connectivity index (χ3n) is 1.99. The quantitative estimate of drug-likeness (QED) is 0.691. The average molecular weight is 165 g/mol. The Labute approximate surface area is 70.0 Å². The smallest absolute Gasteiger partial charge is 0.0649 e. The van der Waals surface area contributed by atoms with E-state index in [-0.39, 0.29) is 17.2 Å². The standard InChI is InChI=1S/C8H18O.H3N.H2O/c1-5-8(4,6-2)9-7-3;;/h5-7H2,1-4H3;1H3;1H2. The Hall–Kier alpha value is -0.120. The maximum Gasteiger partial charge on any atom is 0.0649 e. The van der Waals surface area contributed by atoms with Crippen LogP contribution in [-0.4, -0.2) is 17.7 Å². The van der Waals surface area contributed by atoms with E-state index in [1.54, 1.807) is 0 Å². The van der Waals surface area contributed by atoms with Crippen molar-refractivity contribution in [2.45, 2.75) is 46.1 Å². The van der Waals surface area contributed by atoms with Crippen molar-refractivity contribution in [1.29, 1.82) is 0 Å². The normalized spacial score (nSPS) is 9.82. The van der Waals surface area contributed by atoms with Crippen molar-refractivity contribution in [1.82, 2.24) is 6.15 Å². The van der Waals surface area contributed by atoms with E-state index in [4.69, 9.17) is 4.74 Å². The minimum absolute atomic E-state index is 0.